The number of rotatable bonds is 2. The van der Waals surface area contributed by atoms with Crippen molar-refractivity contribution in [3.8, 4) is 5.75 Å². The van der Waals surface area contributed by atoms with E-state index in [1.165, 1.54) is 6.07 Å². The fraction of sp³-hybridized carbons (Fsp3) is 0.500. The first-order valence-electron chi connectivity index (χ1n) is 5.29. The quantitative estimate of drug-likeness (QED) is 0.785. The van der Waals surface area contributed by atoms with E-state index in [1.54, 1.807) is 13.2 Å². The van der Waals surface area contributed by atoms with Gasteiger partial charge in [-0.3, -0.25) is 0 Å². The van der Waals surface area contributed by atoms with Gasteiger partial charge in [0.15, 0.2) is 11.6 Å². The van der Waals surface area contributed by atoms with Crippen LogP contribution in [0, 0.1) is 5.82 Å². The Balaban J connectivity index is 2.42. The van der Waals surface area contributed by atoms with E-state index in [-0.39, 0.29) is 11.9 Å². The predicted molar refractivity (Wildman–Crippen MR) is 58.6 cm³/mol. The SMILES string of the molecule is CONC1CC(C)(C)Oc2c(F)cccc21. The van der Waals surface area contributed by atoms with E-state index < -0.39 is 5.60 Å². The van der Waals surface area contributed by atoms with Gasteiger partial charge in [0.25, 0.3) is 0 Å². The highest BCUT2D eigenvalue weighted by atomic mass is 19.1. The lowest BCUT2D eigenvalue weighted by atomic mass is 9.90. The second kappa shape index (κ2) is 4.03. The molecular formula is C12H16FNO2. The van der Waals surface area contributed by atoms with Gasteiger partial charge in [-0.2, -0.15) is 5.48 Å². The van der Waals surface area contributed by atoms with Crippen LogP contribution in [0.3, 0.4) is 0 Å². The van der Waals surface area contributed by atoms with Gasteiger partial charge < -0.3 is 9.57 Å². The molecule has 16 heavy (non-hydrogen) atoms. The van der Waals surface area contributed by atoms with Crippen molar-refractivity contribution in [2.75, 3.05) is 7.11 Å². The summed E-state index contributed by atoms with van der Waals surface area (Å²) in [6, 6.07) is 4.90. The zero-order chi connectivity index (χ0) is 11.8. The molecule has 0 aromatic heterocycles. The van der Waals surface area contributed by atoms with Crippen LogP contribution < -0.4 is 10.2 Å². The minimum Gasteiger partial charge on any atom is -0.484 e. The maximum absolute atomic E-state index is 13.6. The average Bonchev–Trinajstić information content (AvgIpc) is 2.19. The summed E-state index contributed by atoms with van der Waals surface area (Å²) >= 11 is 0. The number of fused-ring (bicyclic) bond motifs is 1. The van der Waals surface area contributed by atoms with Gasteiger partial charge in [-0.05, 0) is 19.9 Å². The van der Waals surface area contributed by atoms with Crippen LogP contribution in [-0.2, 0) is 4.84 Å². The Morgan fingerprint density at radius 3 is 2.94 bits per heavy atom. The number of para-hydroxylation sites is 1. The summed E-state index contributed by atoms with van der Waals surface area (Å²) in [5.74, 6) is 0.00137. The van der Waals surface area contributed by atoms with Gasteiger partial charge in [0.1, 0.15) is 5.60 Å². The lowest BCUT2D eigenvalue weighted by molar-refractivity contribution is 0.000764. The largest absolute Gasteiger partial charge is 0.484 e. The van der Waals surface area contributed by atoms with Crippen molar-refractivity contribution >= 4 is 0 Å². The predicted octanol–water partition coefficient (Wildman–Crippen LogP) is 2.58. The second-order valence-electron chi connectivity index (χ2n) is 4.60. The highest BCUT2D eigenvalue weighted by Crippen LogP contribution is 2.40. The highest BCUT2D eigenvalue weighted by molar-refractivity contribution is 5.39. The molecule has 0 saturated carbocycles. The van der Waals surface area contributed by atoms with Crippen LogP contribution in [0.5, 0.6) is 5.75 Å². The van der Waals surface area contributed by atoms with E-state index in [0.29, 0.717) is 5.75 Å². The van der Waals surface area contributed by atoms with Crippen LogP contribution in [0.4, 0.5) is 4.39 Å². The molecule has 1 unspecified atom stereocenters. The number of benzene rings is 1. The minimum atomic E-state index is -0.397. The molecule has 0 fully saturated rings. The molecule has 1 aromatic carbocycles. The molecule has 88 valence electrons. The Labute approximate surface area is 94.5 Å². The van der Waals surface area contributed by atoms with E-state index in [1.807, 2.05) is 19.9 Å². The van der Waals surface area contributed by atoms with Crippen molar-refractivity contribution in [1.29, 1.82) is 0 Å². The van der Waals surface area contributed by atoms with Gasteiger partial charge in [-0.15, -0.1) is 0 Å². The Morgan fingerprint density at radius 1 is 1.50 bits per heavy atom. The lowest BCUT2D eigenvalue weighted by Crippen LogP contribution is -2.39. The number of hydrogen-bond acceptors (Lipinski definition) is 3. The molecule has 0 saturated heterocycles. The molecule has 0 bridgehead atoms. The van der Waals surface area contributed by atoms with Gasteiger partial charge in [-0.25, -0.2) is 4.39 Å². The van der Waals surface area contributed by atoms with Crippen molar-refractivity contribution < 1.29 is 14.0 Å². The van der Waals surface area contributed by atoms with Crippen molar-refractivity contribution in [2.45, 2.75) is 31.9 Å². The van der Waals surface area contributed by atoms with Crippen LogP contribution in [0.1, 0.15) is 31.9 Å². The molecule has 1 atom stereocenters. The average molecular weight is 225 g/mol. The van der Waals surface area contributed by atoms with E-state index in [4.69, 9.17) is 9.57 Å². The summed E-state index contributed by atoms with van der Waals surface area (Å²) in [7, 11) is 1.56. The molecule has 0 aliphatic carbocycles. The normalized spacial score (nSPS) is 22.4. The molecule has 4 heteroatoms. The third kappa shape index (κ3) is 2.03. The number of hydrogen-bond donors (Lipinski definition) is 1. The monoisotopic (exact) mass is 225 g/mol. The molecule has 0 amide bonds. The molecule has 0 spiro atoms. The number of halogens is 1. The van der Waals surface area contributed by atoms with Gasteiger partial charge in [0, 0.05) is 12.0 Å². The van der Waals surface area contributed by atoms with Crippen molar-refractivity contribution in [2.24, 2.45) is 0 Å². The summed E-state index contributed by atoms with van der Waals surface area (Å²) < 4.78 is 19.3. The Morgan fingerprint density at radius 2 is 2.25 bits per heavy atom. The number of hydroxylamine groups is 1. The Kier molecular flexibility index (Phi) is 2.86. The van der Waals surface area contributed by atoms with Crippen molar-refractivity contribution in [3.63, 3.8) is 0 Å². The first-order valence-corrected chi connectivity index (χ1v) is 5.29. The molecular weight excluding hydrogens is 209 g/mol. The van der Waals surface area contributed by atoms with E-state index >= 15 is 0 Å². The van der Waals surface area contributed by atoms with Gasteiger partial charge in [-0.1, -0.05) is 12.1 Å². The Hall–Kier alpha value is -1.13. The number of ether oxygens (including phenoxy) is 1. The smallest absolute Gasteiger partial charge is 0.165 e. The fourth-order valence-electron chi connectivity index (χ4n) is 2.07. The van der Waals surface area contributed by atoms with Crippen LogP contribution in [0.25, 0.3) is 0 Å². The van der Waals surface area contributed by atoms with Crippen LogP contribution in [0.15, 0.2) is 18.2 Å². The maximum Gasteiger partial charge on any atom is 0.165 e. The second-order valence-corrected chi connectivity index (χ2v) is 4.60. The molecule has 1 aromatic rings. The third-order valence-corrected chi connectivity index (χ3v) is 2.71. The van der Waals surface area contributed by atoms with Gasteiger partial charge in [0.2, 0.25) is 0 Å². The minimum absolute atomic E-state index is 0.0422. The topological polar surface area (TPSA) is 30.5 Å². The van der Waals surface area contributed by atoms with E-state index in [0.717, 1.165) is 12.0 Å². The molecule has 1 N–H and O–H groups in total. The summed E-state index contributed by atoms with van der Waals surface area (Å²) in [6.07, 6.45) is 0.733. The highest BCUT2D eigenvalue weighted by Gasteiger charge is 2.35. The van der Waals surface area contributed by atoms with E-state index in [2.05, 4.69) is 5.48 Å². The molecule has 1 heterocycles. The summed E-state index contributed by atoms with van der Waals surface area (Å²) in [5, 5.41) is 0. The maximum atomic E-state index is 13.6. The molecule has 0 radical (unpaired) electrons. The van der Waals surface area contributed by atoms with Crippen LogP contribution in [-0.4, -0.2) is 12.7 Å². The lowest BCUT2D eigenvalue weighted by Gasteiger charge is -2.37. The van der Waals surface area contributed by atoms with Gasteiger partial charge >= 0.3 is 0 Å². The molecule has 1 aliphatic rings. The molecule has 2 rings (SSSR count). The van der Waals surface area contributed by atoms with Crippen LogP contribution >= 0.6 is 0 Å². The van der Waals surface area contributed by atoms with Crippen LogP contribution in [0.2, 0.25) is 0 Å². The van der Waals surface area contributed by atoms with Crippen molar-refractivity contribution in [3.05, 3.63) is 29.6 Å². The zero-order valence-electron chi connectivity index (χ0n) is 9.71. The number of nitrogens with one attached hydrogen (secondary N) is 1. The van der Waals surface area contributed by atoms with Gasteiger partial charge in [0.05, 0.1) is 13.2 Å². The molecule has 3 nitrogen and oxygen atoms in total. The first kappa shape index (κ1) is 11.4. The summed E-state index contributed by atoms with van der Waals surface area (Å²) in [4.78, 5) is 4.94. The summed E-state index contributed by atoms with van der Waals surface area (Å²) in [6.45, 7) is 3.87. The van der Waals surface area contributed by atoms with Crippen molar-refractivity contribution in [1.82, 2.24) is 5.48 Å². The first-order chi connectivity index (χ1) is 7.53. The summed E-state index contributed by atoms with van der Waals surface area (Å²) in [5.41, 5.74) is 3.29. The third-order valence-electron chi connectivity index (χ3n) is 2.71. The fourth-order valence-corrected chi connectivity index (χ4v) is 2.07. The van der Waals surface area contributed by atoms with E-state index in [9.17, 15) is 4.39 Å². The molecule has 1 aliphatic heterocycles. The Bertz CT molecular complexity index is 393. The standard InChI is InChI=1S/C12H16FNO2/c1-12(2)7-10(14-15-3)8-5-4-6-9(13)11(8)16-12/h4-6,10,14H,7H2,1-3H3. The zero-order valence-corrected chi connectivity index (χ0v) is 9.71.